The number of hydrogen-bond donors (Lipinski definition) is 2. The smallest absolute Gasteiger partial charge is 0.329 e. The Hall–Kier alpha value is -3.36. The van der Waals surface area contributed by atoms with Crippen LogP contribution in [0.5, 0.6) is 0 Å². The van der Waals surface area contributed by atoms with E-state index >= 15 is 0 Å². The average Bonchev–Trinajstić information content (AvgIpc) is 3.35. The number of aromatic nitrogens is 2. The van der Waals surface area contributed by atoms with Crippen molar-refractivity contribution >= 4 is 34.1 Å². The number of carbonyl (C=O) groups excluding carboxylic acids is 1. The van der Waals surface area contributed by atoms with Crippen molar-refractivity contribution in [1.82, 2.24) is 9.13 Å². The minimum atomic E-state index is -0.856. The third kappa shape index (κ3) is 3.87. The van der Waals surface area contributed by atoms with Gasteiger partial charge in [-0.2, -0.15) is 0 Å². The van der Waals surface area contributed by atoms with E-state index in [1.807, 2.05) is 19.9 Å². The number of aryl methyl sites for hydroxylation is 2. The molecule has 31 heavy (non-hydrogen) atoms. The largest absolute Gasteiger partial charge is 0.370 e. The Balaban J connectivity index is 1.75. The lowest BCUT2D eigenvalue weighted by molar-refractivity contribution is 0.262. The molecule has 0 bridgehead atoms. The number of imidazole rings is 1. The van der Waals surface area contributed by atoms with Crippen LogP contribution in [0.3, 0.4) is 0 Å². The molecule has 4 rings (SSSR count). The van der Waals surface area contributed by atoms with Gasteiger partial charge >= 0.3 is 11.7 Å². The maximum Gasteiger partial charge on any atom is 0.329 e. The molecule has 3 aromatic rings. The number of fused-ring (bicyclic) bond motifs is 1. The summed E-state index contributed by atoms with van der Waals surface area (Å²) in [5, 5.41) is 5.22. The number of nitrogens with one attached hydrogen (secondary N) is 2. The third-order valence-electron chi connectivity index (χ3n) is 5.64. The first-order valence-corrected chi connectivity index (χ1v) is 10.5. The van der Waals surface area contributed by atoms with E-state index in [9.17, 15) is 18.4 Å². The molecule has 2 heterocycles. The van der Waals surface area contributed by atoms with Crippen LogP contribution in [-0.4, -0.2) is 28.3 Å². The van der Waals surface area contributed by atoms with Gasteiger partial charge in [0.15, 0.2) is 0 Å². The number of urea groups is 1. The molecule has 0 saturated carbocycles. The van der Waals surface area contributed by atoms with Crippen molar-refractivity contribution in [1.29, 1.82) is 0 Å². The number of anilines is 3. The van der Waals surface area contributed by atoms with E-state index < -0.39 is 17.7 Å². The Morgan fingerprint density at radius 2 is 1.55 bits per heavy atom. The van der Waals surface area contributed by atoms with Crippen LogP contribution in [-0.2, 0) is 13.1 Å². The van der Waals surface area contributed by atoms with Crippen molar-refractivity contribution in [2.45, 2.75) is 39.8 Å². The zero-order valence-electron chi connectivity index (χ0n) is 17.5. The Morgan fingerprint density at radius 3 is 2.16 bits per heavy atom. The summed E-state index contributed by atoms with van der Waals surface area (Å²) in [5.41, 5.74) is 2.67. The van der Waals surface area contributed by atoms with Gasteiger partial charge in [-0.1, -0.05) is 0 Å². The molecule has 0 aliphatic carbocycles. The van der Waals surface area contributed by atoms with Crippen molar-refractivity contribution in [2.75, 3.05) is 28.6 Å². The van der Waals surface area contributed by atoms with Gasteiger partial charge < -0.3 is 15.5 Å². The molecule has 1 saturated heterocycles. The third-order valence-corrected chi connectivity index (χ3v) is 5.64. The summed E-state index contributed by atoms with van der Waals surface area (Å²) in [6.07, 6.45) is 2.09. The van der Waals surface area contributed by atoms with Gasteiger partial charge in [-0.15, -0.1) is 0 Å². The van der Waals surface area contributed by atoms with Gasteiger partial charge in [0.05, 0.1) is 28.1 Å². The molecule has 0 atom stereocenters. The monoisotopic (exact) mass is 429 g/mol. The van der Waals surface area contributed by atoms with Crippen LogP contribution in [0, 0.1) is 11.6 Å². The van der Waals surface area contributed by atoms with Crippen molar-refractivity contribution in [2.24, 2.45) is 0 Å². The summed E-state index contributed by atoms with van der Waals surface area (Å²) < 4.78 is 30.5. The second-order valence-corrected chi connectivity index (χ2v) is 7.53. The van der Waals surface area contributed by atoms with Crippen LogP contribution in [0.1, 0.15) is 26.7 Å². The van der Waals surface area contributed by atoms with E-state index in [0.29, 0.717) is 24.8 Å². The molecule has 2 amide bonds. The topological polar surface area (TPSA) is 71.3 Å². The average molecular weight is 429 g/mol. The van der Waals surface area contributed by atoms with E-state index in [-0.39, 0.29) is 11.4 Å². The standard InChI is InChI=1S/C22H25F2N5O2/c1-3-28-19-12-17(26-21(30)25-16-8-7-14(23)11-15(16)24)18(27-9-5-6-10-27)13-20(19)29(4-2)22(28)31/h7-8,11-13H,3-6,9-10H2,1-2H3,(H2,25,26,30). The Kier molecular flexibility index (Phi) is 5.67. The van der Waals surface area contributed by atoms with Crippen molar-refractivity contribution < 1.29 is 13.6 Å². The molecule has 0 radical (unpaired) electrons. The van der Waals surface area contributed by atoms with E-state index in [2.05, 4.69) is 15.5 Å². The Morgan fingerprint density at radius 1 is 0.935 bits per heavy atom. The van der Waals surface area contributed by atoms with Gasteiger partial charge in [0, 0.05) is 32.2 Å². The summed E-state index contributed by atoms with van der Waals surface area (Å²) in [7, 11) is 0. The SMILES string of the molecule is CCn1c(=O)n(CC)c2cc(N3CCCC3)c(NC(=O)Nc3ccc(F)cc3F)cc21. The fourth-order valence-electron chi connectivity index (χ4n) is 4.15. The van der Waals surface area contributed by atoms with Gasteiger partial charge in [0.25, 0.3) is 0 Å². The molecule has 164 valence electrons. The second-order valence-electron chi connectivity index (χ2n) is 7.53. The van der Waals surface area contributed by atoms with E-state index in [1.54, 1.807) is 15.2 Å². The van der Waals surface area contributed by atoms with Crippen LogP contribution in [0.25, 0.3) is 11.0 Å². The number of nitrogens with zero attached hydrogens (tertiary/aromatic N) is 3. The lowest BCUT2D eigenvalue weighted by Crippen LogP contribution is -2.24. The Labute approximate surface area is 178 Å². The quantitative estimate of drug-likeness (QED) is 0.633. The molecule has 7 nitrogen and oxygen atoms in total. The predicted molar refractivity (Wildman–Crippen MR) is 118 cm³/mol. The molecular weight excluding hydrogens is 404 g/mol. The number of carbonyl (C=O) groups is 1. The lowest BCUT2D eigenvalue weighted by Gasteiger charge is -2.22. The van der Waals surface area contributed by atoms with Gasteiger partial charge in [-0.3, -0.25) is 9.13 Å². The van der Waals surface area contributed by atoms with E-state index in [4.69, 9.17) is 0 Å². The molecule has 0 spiro atoms. The highest BCUT2D eigenvalue weighted by Crippen LogP contribution is 2.33. The molecule has 9 heteroatoms. The first-order chi connectivity index (χ1) is 14.9. The molecule has 1 fully saturated rings. The fourth-order valence-corrected chi connectivity index (χ4v) is 4.15. The summed E-state index contributed by atoms with van der Waals surface area (Å²) in [6.45, 7) is 6.55. The first kappa shape index (κ1) is 20.9. The van der Waals surface area contributed by atoms with E-state index in [0.717, 1.165) is 48.7 Å². The number of halogens is 2. The van der Waals surface area contributed by atoms with Crippen LogP contribution in [0.2, 0.25) is 0 Å². The molecular formula is C22H25F2N5O2. The highest BCUT2D eigenvalue weighted by molar-refractivity contribution is 6.04. The van der Waals surface area contributed by atoms with Crippen LogP contribution < -0.4 is 21.2 Å². The van der Waals surface area contributed by atoms with E-state index in [1.165, 1.54) is 6.07 Å². The van der Waals surface area contributed by atoms with Gasteiger partial charge in [0.1, 0.15) is 11.6 Å². The minimum absolute atomic E-state index is 0.0950. The van der Waals surface area contributed by atoms with Gasteiger partial charge in [-0.25, -0.2) is 18.4 Å². The summed E-state index contributed by atoms with van der Waals surface area (Å²) in [6, 6.07) is 6.04. The van der Waals surface area contributed by atoms with Crippen molar-refractivity contribution in [3.05, 3.63) is 52.5 Å². The van der Waals surface area contributed by atoms with Crippen LogP contribution in [0.15, 0.2) is 35.1 Å². The maximum atomic E-state index is 13.9. The molecule has 0 unspecified atom stereocenters. The van der Waals surface area contributed by atoms with Gasteiger partial charge in [0.2, 0.25) is 0 Å². The number of rotatable bonds is 5. The lowest BCUT2D eigenvalue weighted by atomic mass is 10.2. The number of amides is 2. The van der Waals surface area contributed by atoms with Crippen LogP contribution in [0.4, 0.5) is 30.6 Å². The summed E-state index contributed by atoms with van der Waals surface area (Å²) in [5.74, 6) is -1.58. The number of hydrogen-bond acceptors (Lipinski definition) is 3. The second kappa shape index (κ2) is 8.41. The molecule has 1 aliphatic rings. The van der Waals surface area contributed by atoms with Crippen molar-refractivity contribution in [3.63, 3.8) is 0 Å². The predicted octanol–water partition coefficient (Wildman–Crippen LogP) is 4.37. The molecule has 1 aliphatic heterocycles. The maximum absolute atomic E-state index is 13.9. The fraction of sp³-hybridized carbons (Fsp3) is 0.364. The van der Waals surface area contributed by atoms with Crippen molar-refractivity contribution in [3.8, 4) is 0 Å². The normalized spacial score (nSPS) is 13.7. The number of benzene rings is 2. The zero-order chi connectivity index (χ0) is 22.1. The summed E-state index contributed by atoms with van der Waals surface area (Å²) in [4.78, 5) is 27.6. The highest BCUT2D eigenvalue weighted by Gasteiger charge is 2.21. The first-order valence-electron chi connectivity index (χ1n) is 10.5. The molecule has 2 aromatic carbocycles. The summed E-state index contributed by atoms with van der Waals surface area (Å²) >= 11 is 0. The molecule has 2 N–H and O–H groups in total. The molecule has 1 aromatic heterocycles. The Bertz CT molecular complexity index is 1190. The zero-order valence-corrected chi connectivity index (χ0v) is 17.5. The van der Waals surface area contributed by atoms with Gasteiger partial charge in [-0.05, 0) is 51.0 Å². The van der Waals surface area contributed by atoms with Crippen LogP contribution >= 0.6 is 0 Å². The minimum Gasteiger partial charge on any atom is -0.370 e. The highest BCUT2D eigenvalue weighted by atomic mass is 19.1.